The summed E-state index contributed by atoms with van der Waals surface area (Å²) in [5.74, 6) is -8.88. The van der Waals surface area contributed by atoms with Crippen molar-refractivity contribution in [1.29, 1.82) is 0 Å². The van der Waals surface area contributed by atoms with Gasteiger partial charge in [0.1, 0.15) is 64.9 Å². The van der Waals surface area contributed by atoms with Gasteiger partial charge in [-0.1, -0.05) is 19.9 Å². The fourth-order valence-corrected chi connectivity index (χ4v) is 8.50. The van der Waals surface area contributed by atoms with Crippen molar-refractivity contribution in [2.45, 2.75) is 119 Å². The molecule has 21 heteroatoms. The maximum absolute atomic E-state index is 14.0. The van der Waals surface area contributed by atoms with Crippen LogP contribution in [0.2, 0.25) is 0 Å². The van der Waals surface area contributed by atoms with Gasteiger partial charge in [-0.3, -0.25) is 4.79 Å². The maximum Gasteiger partial charge on any atom is 0.340 e. The normalized spacial score (nSPS) is 32.4. The molecule has 62 heavy (non-hydrogen) atoms. The highest BCUT2D eigenvalue weighted by atomic mass is 16.8. The maximum atomic E-state index is 14.0. The molecule has 1 aromatic heterocycles. The number of esters is 1. The summed E-state index contributed by atoms with van der Waals surface area (Å²) in [5, 5.41) is 120. The number of phenolic OH excluding ortho intramolecular Hbond substituents is 3. The zero-order chi connectivity index (χ0) is 45.1. The third kappa shape index (κ3) is 7.63. The van der Waals surface area contributed by atoms with Crippen molar-refractivity contribution in [2.75, 3.05) is 6.61 Å². The van der Waals surface area contributed by atoms with Crippen LogP contribution in [0.1, 0.15) is 56.6 Å². The van der Waals surface area contributed by atoms with Crippen molar-refractivity contribution in [1.82, 2.24) is 5.32 Å². The van der Waals surface area contributed by atoms with Gasteiger partial charge < -0.3 is 90.6 Å². The first kappa shape index (κ1) is 44.7. The van der Waals surface area contributed by atoms with Gasteiger partial charge in [0, 0.05) is 53.5 Å². The summed E-state index contributed by atoms with van der Waals surface area (Å²) in [6.45, 7) is 3.35. The molecule has 0 saturated carbocycles. The Morgan fingerprint density at radius 2 is 1.63 bits per heavy atom. The molecule has 3 aromatic rings. The van der Waals surface area contributed by atoms with Crippen molar-refractivity contribution < 1.29 is 89.1 Å². The first-order chi connectivity index (χ1) is 29.4. The number of carbonyl (C=O) groups is 2. The Balaban J connectivity index is 1.37. The van der Waals surface area contributed by atoms with Gasteiger partial charge in [-0.15, -0.1) is 0 Å². The smallest absolute Gasteiger partial charge is 0.340 e. The number of allylic oxidation sites excluding steroid dienone is 3. The number of nitrogens with two attached hydrogens (primary N) is 1. The monoisotopic (exact) mass is 872 g/mol. The van der Waals surface area contributed by atoms with Crippen molar-refractivity contribution >= 4 is 22.9 Å². The number of nitrogens with one attached hydrogen (secondary N) is 1. The van der Waals surface area contributed by atoms with Crippen LogP contribution in [-0.2, 0) is 30.2 Å². The molecule has 12 unspecified atom stereocenters. The number of phenols is 3. The molecule has 1 spiro atoms. The molecule has 0 bridgehead atoms. The number of aliphatic hydroxyl groups is 7. The molecule has 4 aliphatic rings. The van der Waals surface area contributed by atoms with E-state index in [1.54, 1.807) is 0 Å². The molecular weight excluding hydrogens is 824 g/mol. The second kappa shape index (κ2) is 17.1. The quantitative estimate of drug-likeness (QED) is 0.0893. The Hall–Kier alpha value is -5.33. The van der Waals surface area contributed by atoms with E-state index in [0.29, 0.717) is 24.1 Å². The van der Waals surface area contributed by atoms with Gasteiger partial charge in [-0.05, 0) is 49.0 Å². The summed E-state index contributed by atoms with van der Waals surface area (Å²) >= 11 is 0. The van der Waals surface area contributed by atoms with E-state index in [4.69, 9.17) is 29.1 Å². The average Bonchev–Trinajstić information content (AvgIpc) is 3.40. The highest BCUT2D eigenvalue weighted by molar-refractivity contribution is 5.89. The number of fused-ring (bicyclic) bond motifs is 2. The highest BCUT2D eigenvalue weighted by Crippen LogP contribution is 2.52. The number of ether oxygens (including phenoxy) is 4. The van der Waals surface area contributed by atoms with Crippen LogP contribution in [0.4, 0.5) is 0 Å². The summed E-state index contributed by atoms with van der Waals surface area (Å²) in [5.41, 5.74) is 7.59. The molecule has 0 amide bonds. The Bertz CT molecular complexity index is 2380. The van der Waals surface area contributed by atoms with Crippen LogP contribution in [-0.4, -0.2) is 142 Å². The van der Waals surface area contributed by atoms with E-state index in [1.807, 2.05) is 19.9 Å². The number of hydrogen-bond donors (Lipinski definition) is 13. The number of aromatic hydroxyl groups is 3. The lowest BCUT2D eigenvalue weighted by molar-refractivity contribution is -0.338. The number of dihydropyridines is 1. The lowest BCUT2D eigenvalue weighted by atomic mass is 9.80. The zero-order valence-electron chi connectivity index (χ0n) is 33.2. The summed E-state index contributed by atoms with van der Waals surface area (Å²) in [4.78, 5) is 39.4. The van der Waals surface area contributed by atoms with Gasteiger partial charge in [0.2, 0.25) is 12.1 Å². The Kier molecular flexibility index (Phi) is 12.3. The average molecular weight is 873 g/mol. The number of aliphatic hydroxyl groups excluding tert-OH is 7. The Labute approximate surface area is 351 Å². The summed E-state index contributed by atoms with van der Waals surface area (Å²) in [7, 11) is 0. The first-order valence-electron chi connectivity index (χ1n) is 19.9. The van der Waals surface area contributed by atoms with Gasteiger partial charge in [-0.2, -0.15) is 0 Å². The fraction of sp³-hybridized carbons (Fsp3) is 0.488. The minimum atomic E-state index is -2.49. The van der Waals surface area contributed by atoms with Crippen LogP contribution in [0.3, 0.4) is 0 Å². The number of aliphatic carboxylic acids is 1. The van der Waals surface area contributed by atoms with E-state index in [1.165, 1.54) is 12.1 Å². The molecule has 2 saturated heterocycles. The Morgan fingerprint density at radius 3 is 2.29 bits per heavy atom. The summed E-state index contributed by atoms with van der Waals surface area (Å²) in [6, 6.07) is 4.74. The van der Waals surface area contributed by atoms with Crippen LogP contribution in [0.5, 0.6) is 23.0 Å². The summed E-state index contributed by atoms with van der Waals surface area (Å²) < 4.78 is 28.8. The number of carbonyl (C=O) groups excluding carboxylic acids is 1. The predicted octanol–water partition coefficient (Wildman–Crippen LogP) is -1.13. The molecule has 5 heterocycles. The zero-order valence-corrected chi connectivity index (χ0v) is 33.2. The number of carboxylic acids is 1. The number of benzene rings is 2. The molecule has 14 N–H and O–H groups in total. The second-order valence-corrected chi connectivity index (χ2v) is 15.6. The molecule has 2 aromatic carbocycles. The van der Waals surface area contributed by atoms with E-state index in [2.05, 4.69) is 5.32 Å². The van der Waals surface area contributed by atoms with E-state index >= 15 is 0 Å². The molecule has 336 valence electrons. The van der Waals surface area contributed by atoms with E-state index in [-0.39, 0.29) is 52.0 Å². The topological polar surface area (TPSA) is 362 Å². The van der Waals surface area contributed by atoms with Gasteiger partial charge in [0.25, 0.3) is 0 Å². The van der Waals surface area contributed by atoms with Crippen LogP contribution < -0.4 is 21.2 Å². The lowest BCUT2D eigenvalue weighted by Gasteiger charge is -2.47. The van der Waals surface area contributed by atoms with Crippen LogP contribution in [0, 0.1) is 0 Å². The van der Waals surface area contributed by atoms with E-state index in [0.717, 1.165) is 17.7 Å². The first-order valence-corrected chi connectivity index (χ1v) is 19.9. The summed E-state index contributed by atoms with van der Waals surface area (Å²) in [6.07, 6.45) is -18.2. The lowest BCUT2D eigenvalue weighted by Crippen LogP contribution is -2.68. The van der Waals surface area contributed by atoms with Gasteiger partial charge in [-0.25, -0.2) is 9.59 Å². The standard InChI is InChI=1S/C41H48N2O19/c1-3-14-10-18(19(4-2)43-37(14)42)17-5-7-41(36(54)32(52)31(51)35(62-41)39(57)60-40-33(53)29(49)30(50)34(59-40)38(55)56)61-24-13-23-26(28(48)25(17)24)20(45)12-22(58-23)16-9-15(6-8-44)27(47)21(46)11-16/h9-13,17,29-37,40,43-44,46-54H,3-8,42H2,1-2H3,(H,55,56). The number of hydrogen-bond acceptors (Lipinski definition) is 20. The van der Waals surface area contributed by atoms with Gasteiger partial charge >= 0.3 is 11.9 Å². The number of carboxylic acid groups (broad SMARTS) is 1. The molecule has 2 fully saturated rings. The molecule has 12 atom stereocenters. The van der Waals surface area contributed by atoms with E-state index < -0.39 is 121 Å². The van der Waals surface area contributed by atoms with Crippen molar-refractivity contribution in [3.8, 4) is 34.3 Å². The second-order valence-electron chi connectivity index (χ2n) is 15.6. The highest BCUT2D eigenvalue weighted by Gasteiger charge is 2.60. The number of rotatable bonds is 9. The molecule has 4 aliphatic heterocycles. The molecule has 7 rings (SSSR count). The molecule has 21 nitrogen and oxygen atoms in total. The van der Waals surface area contributed by atoms with Crippen LogP contribution in [0.25, 0.3) is 22.3 Å². The molecular formula is C41H48N2O19. The largest absolute Gasteiger partial charge is 0.507 e. The van der Waals surface area contributed by atoms with Crippen molar-refractivity contribution in [2.24, 2.45) is 5.73 Å². The Morgan fingerprint density at radius 1 is 0.919 bits per heavy atom. The minimum Gasteiger partial charge on any atom is -0.507 e. The van der Waals surface area contributed by atoms with Crippen molar-refractivity contribution in [3.63, 3.8) is 0 Å². The SMILES string of the molecule is CCC1=CC(C2CCC3(Oc4cc5oc(-c6cc(O)c(O)c(CCO)c6)cc(=O)c5c(O)c42)OC(C(=O)OC2OC(C(=O)O)C(O)C(O)C2O)C(O)C(O)C3O)=C(CC)NC1N. The van der Waals surface area contributed by atoms with Crippen molar-refractivity contribution in [3.05, 3.63) is 68.5 Å². The third-order valence-corrected chi connectivity index (χ3v) is 11.8. The van der Waals surface area contributed by atoms with Gasteiger partial charge in [0.15, 0.2) is 29.1 Å². The van der Waals surface area contributed by atoms with E-state index in [9.17, 15) is 70.6 Å². The van der Waals surface area contributed by atoms with Crippen LogP contribution in [0.15, 0.2) is 56.4 Å². The van der Waals surface area contributed by atoms with Crippen LogP contribution >= 0.6 is 0 Å². The molecule has 0 aliphatic carbocycles. The minimum absolute atomic E-state index is 0.00613. The fourth-order valence-electron chi connectivity index (χ4n) is 8.50. The van der Waals surface area contributed by atoms with Gasteiger partial charge in [0.05, 0.1) is 6.17 Å². The third-order valence-electron chi connectivity index (χ3n) is 11.8. The molecule has 0 radical (unpaired) electrons. The predicted molar refractivity (Wildman–Crippen MR) is 209 cm³/mol.